The number of anilines is 1. The third-order valence-corrected chi connectivity index (χ3v) is 2.98. The molecule has 0 aliphatic heterocycles. The van der Waals surface area contributed by atoms with Crippen LogP contribution in [0.4, 0.5) is 10.5 Å². The number of nitrogens with one attached hydrogen (secondary N) is 1. The normalized spacial score (nSPS) is 10.2. The third-order valence-electron chi connectivity index (χ3n) is 2.52. The maximum atomic E-state index is 11.9. The van der Waals surface area contributed by atoms with Gasteiger partial charge in [0.2, 0.25) is 0 Å². The number of rotatable bonds is 6. The number of carboxylic acids is 1. The summed E-state index contributed by atoms with van der Waals surface area (Å²) in [6.07, 6.45) is 0. The van der Waals surface area contributed by atoms with Gasteiger partial charge in [0.05, 0.1) is 12.2 Å². The van der Waals surface area contributed by atoms with E-state index in [9.17, 15) is 9.59 Å². The minimum absolute atomic E-state index is 0.103. The van der Waals surface area contributed by atoms with Gasteiger partial charge >= 0.3 is 12.0 Å². The van der Waals surface area contributed by atoms with E-state index in [1.165, 1.54) is 17.0 Å². The van der Waals surface area contributed by atoms with Crippen LogP contribution in [0.25, 0.3) is 0 Å². The Morgan fingerprint density at radius 1 is 1.40 bits per heavy atom. The van der Waals surface area contributed by atoms with Crippen LogP contribution in [0.15, 0.2) is 22.7 Å². The highest BCUT2D eigenvalue weighted by Crippen LogP contribution is 2.20. The molecule has 0 fully saturated rings. The van der Waals surface area contributed by atoms with Gasteiger partial charge in [-0.05, 0) is 25.1 Å². The van der Waals surface area contributed by atoms with Gasteiger partial charge in [0.15, 0.2) is 0 Å². The van der Waals surface area contributed by atoms with Crippen LogP contribution in [0.2, 0.25) is 0 Å². The van der Waals surface area contributed by atoms with Gasteiger partial charge in [-0.3, -0.25) is 0 Å². The molecule has 0 aliphatic carbocycles. The first-order chi connectivity index (χ1) is 9.43. The minimum atomic E-state index is -1.05. The lowest BCUT2D eigenvalue weighted by molar-refractivity contribution is 0.0697. The molecule has 0 atom stereocenters. The summed E-state index contributed by atoms with van der Waals surface area (Å²) < 4.78 is 5.75. The first kappa shape index (κ1) is 16.5. The molecule has 7 heteroatoms. The Morgan fingerprint density at radius 3 is 2.70 bits per heavy atom. The van der Waals surface area contributed by atoms with E-state index in [1.807, 2.05) is 6.92 Å². The molecule has 20 heavy (non-hydrogen) atoms. The molecule has 0 unspecified atom stereocenters. The Bertz CT molecular complexity index is 493. The zero-order valence-electron chi connectivity index (χ0n) is 11.4. The van der Waals surface area contributed by atoms with Crippen molar-refractivity contribution in [2.24, 2.45) is 0 Å². The van der Waals surface area contributed by atoms with Crippen molar-refractivity contribution in [3.05, 3.63) is 28.2 Å². The lowest BCUT2D eigenvalue weighted by atomic mass is 10.2. The predicted octanol–water partition coefficient (Wildman–Crippen LogP) is 2.65. The molecule has 0 bridgehead atoms. The number of carbonyl (C=O) groups is 2. The molecule has 1 aromatic carbocycles. The molecule has 0 aliphatic rings. The number of benzene rings is 1. The van der Waals surface area contributed by atoms with E-state index < -0.39 is 5.97 Å². The van der Waals surface area contributed by atoms with Crippen LogP contribution in [-0.4, -0.2) is 48.8 Å². The van der Waals surface area contributed by atoms with E-state index in [4.69, 9.17) is 9.84 Å². The highest BCUT2D eigenvalue weighted by atomic mass is 79.9. The Balaban J connectivity index is 2.67. The molecule has 1 rings (SSSR count). The summed E-state index contributed by atoms with van der Waals surface area (Å²) in [4.78, 5) is 24.3. The molecule has 0 radical (unpaired) electrons. The number of carboxylic acid groups (broad SMARTS) is 1. The number of hydrogen-bond donors (Lipinski definition) is 2. The van der Waals surface area contributed by atoms with Crippen molar-refractivity contribution in [1.82, 2.24) is 4.90 Å². The molecule has 2 amide bonds. The first-order valence-electron chi connectivity index (χ1n) is 6.07. The van der Waals surface area contributed by atoms with Crippen LogP contribution < -0.4 is 5.32 Å². The van der Waals surface area contributed by atoms with Crippen molar-refractivity contribution >= 4 is 33.6 Å². The van der Waals surface area contributed by atoms with Crippen molar-refractivity contribution in [2.75, 3.05) is 32.1 Å². The zero-order chi connectivity index (χ0) is 15.1. The highest BCUT2D eigenvalue weighted by Gasteiger charge is 2.11. The van der Waals surface area contributed by atoms with Gasteiger partial charge in [0.1, 0.15) is 0 Å². The molecule has 2 N–H and O–H groups in total. The number of aromatic carboxylic acids is 1. The molecule has 0 saturated carbocycles. The second-order valence-electron chi connectivity index (χ2n) is 4.08. The van der Waals surface area contributed by atoms with Crippen LogP contribution in [-0.2, 0) is 4.74 Å². The lowest BCUT2D eigenvalue weighted by Gasteiger charge is -2.18. The molecule has 1 aromatic rings. The summed E-state index contributed by atoms with van der Waals surface area (Å²) in [5.41, 5.74) is 0.525. The van der Waals surface area contributed by atoms with Gasteiger partial charge in [-0.2, -0.15) is 0 Å². The quantitative estimate of drug-likeness (QED) is 0.777. The fraction of sp³-hybridized carbons (Fsp3) is 0.385. The SMILES string of the molecule is CCOCCN(C)C(=O)Nc1cc(Br)cc(C(=O)O)c1. The monoisotopic (exact) mass is 344 g/mol. The molecule has 0 saturated heterocycles. The molecule has 0 spiro atoms. The maximum absolute atomic E-state index is 11.9. The van der Waals surface area contributed by atoms with Gasteiger partial charge in [-0.1, -0.05) is 15.9 Å². The van der Waals surface area contributed by atoms with Crippen molar-refractivity contribution in [1.29, 1.82) is 0 Å². The molecule has 6 nitrogen and oxygen atoms in total. The van der Waals surface area contributed by atoms with Gasteiger partial charge in [-0.25, -0.2) is 9.59 Å². The second kappa shape index (κ2) is 7.86. The summed E-state index contributed by atoms with van der Waals surface area (Å²) in [5, 5.41) is 11.6. The minimum Gasteiger partial charge on any atom is -0.478 e. The van der Waals surface area contributed by atoms with E-state index >= 15 is 0 Å². The fourth-order valence-electron chi connectivity index (χ4n) is 1.45. The number of halogens is 1. The molecule has 110 valence electrons. The summed E-state index contributed by atoms with van der Waals surface area (Å²) in [6, 6.07) is 4.19. The van der Waals surface area contributed by atoms with Gasteiger partial charge in [-0.15, -0.1) is 0 Å². The summed E-state index contributed by atoms with van der Waals surface area (Å²) in [7, 11) is 1.64. The van der Waals surface area contributed by atoms with Gasteiger partial charge in [0, 0.05) is 30.4 Å². The Labute approximate surface area is 125 Å². The van der Waals surface area contributed by atoms with E-state index in [-0.39, 0.29) is 11.6 Å². The van der Waals surface area contributed by atoms with Crippen LogP contribution in [0, 0.1) is 0 Å². The van der Waals surface area contributed by atoms with E-state index in [0.717, 1.165) is 0 Å². The Morgan fingerprint density at radius 2 is 2.10 bits per heavy atom. The number of nitrogens with zero attached hydrogens (tertiary/aromatic N) is 1. The fourth-order valence-corrected chi connectivity index (χ4v) is 1.94. The number of carbonyl (C=O) groups excluding carboxylic acids is 1. The highest BCUT2D eigenvalue weighted by molar-refractivity contribution is 9.10. The van der Waals surface area contributed by atoms with E-state index in [2.05, 4.69) is 21.2 Å². The maximum Gasteiger partial charge on any atom is 0.335 e. The first-order valence-corrected chi connectivity index (χ1v) is 6.87. The van der Waals surface area contributed by atoms with Crippen molar-refractivity contribution in [2.45, 2.75) is 6.92 Å². The standard InChI is InChI=1S/C13H17BrN2O4/c1-3-20-5-4-16(2)13(19)15-11-7-9(12(17)18)6-10(14)8-11/h6-8H,3-5H2,1-2H3,(H,15,19)(H,17,18). The predicted molar refractivity (Wildman–Crippen MR) is 79.2 cm³/mol. The largest absolute Gasteiger partial charge is 0.478 e. The van der Waals surface area contributed by atoms with Crippen molar-refractivity contribution in [3.63, 3.8) is 0 Å². The Hall–Kier alpha value is -1.60. The molecular formula is C13H17BrN2O4. The summed E-state index contributed by atoms with van der Waals surface area (Å²) in [6.45, 7) is 3.40. The zero-order valence-corrected chi connectivity index (χ0v) is 12.9. The van der Waals surface area contributed by atoms with Crippen LogP contribution in [0.5, 0.6) is 0 Å². The second-order valence-corrected chi connectivity index (χ2v) is 5.00. The number of likely N-dealkylation sites (N-methyl/N-ethyl adjacent to an activating group) is 1. The average Bonchev–Trinajstić information content (AvgIpc) is 2.38. The summed E-state index contributed by atoms with van der Waals surface area (Å²) in [5.74, 6) is -1.05. The number of amides is 2. The molecular weight excluding hydrogens is 328 g/mol. The number of urea groups is 1. The van der Waals surface area contributed by atoms with Gasteiger partial charge < -0.3 is 20.1 Å². The van der Waals surface area contributed by atoms with Crippen LogP contribution >= 0.6 is 15.9 Å². The Kier molecular flexibility index (Phi) is 6.47. The van der Waals surface area contributed by atoms with E-state index in [1.54, 1.807) is 13.1 Å². The van der Waals surface area contributed by atoms with E-state index in [0.29, 0.717) is 29.9 Å². The molecule has 0 heterocycles. The van der Waals surface area contributed by atoms with Gasteiger partial charge in [0.25, 0.3) is 0 Å². The van der Waals surface area contributed by atoms with Crippen molar-refractivity contribution in [3.8, 4) is 0 Å². The average molecular weight is 345 g/mol. The number of ether oxygens (including phenoxy) is 1. The van der Waals surface area contributed by atoms with Crippen LogP contribution in [0.3, 0.4) is 0 Å². The lowest BCUT2D eigenvalue weighted by Crippen LogP contribution is -2.34. The van der Waals surface area contributed by atoms with Crippen molar-refractivity contribution < 1.29 is 19.4 Å². The topological polar surface area (TPSA) is 78.9 Å². The van der Waals surface area contributed by atoms with Crippen LogP contribution in [0.1, 0.15) is 17.3 Å². The third kappa shape index (κ3) is 5.18. The number of hydrogen-bond acceptors (Lipinski definition) is 3. The summed E-state index contributed by atoms with van der Waals surface area (Å²) >= 11 is 3.21. The molecule has 0 aromatic heterocycles. The smallest absolute Gasteiger partial charge is 0.335 e.